The van der Waals surface area contributed by atoms with Gasteiger partial charge in [-0.1, -0.05) is 42.1 Å². The zero-order chi connectivity index (χ0) is 16.7. The minimum atomic E-state index is -0.289. The summed E-state index contributed by atoms with van der Waals surface area (Å²) in [6, 6.07) is 7.03. The molecule has 0 atom stereocenters. The lowest BCUT2D eigenvalue weighted by Crippen LogP contribution is -2.45. The first kappa shape index (κ1) is 18.0. The van der Waals surface area contributed by atoms with Crippen LogP contribution in [-0.4, -0.2) is 11.8 Å². The lowest BCUT2D eigenvalue weighted by atomic mass is 9.79. The van der Waals surface area contributed by atoms with Gasteiger partial charge in [0.1, 0.15) is 0 Å². The highest BCUT2D eigenvalue weighted by Crippen LogP contribution is 2.31. The number of hydrazine groups is 1. The molecule has 4 nitrogen and oxygen atoms in total. The van der Waals surface area contributed by atoms with E-state index < -0.39 is 0 Å². The summed E-state index contributed by atoms with van der Waals surface area (Å²) in [5, 5.41) is 0. The van der Waals surface area contributed by atoms with Gasteiger partial charge in [0.15, 0.2) is 0 Å². The van der Waals surface area contributed by atoms with Crippen molar-refractivity contribution in [1.29, 1.82) is 0 Å². The first-order valence-electron chi connectivity index (χ1n) is 8.46. The Morgan fingerprint density at radius 2 is 1.74 bits per heavy atom. The molecule has 23 heavy (non-hydrogen) atoms. The summed E-state index contributed by atoms with van der Waals surface area (Å²) in [4.78, 5) is 24.1. The number of rotatable bonds is 5. The maximum Gasteiger partial charge on any atom is 0.269 e. The van der Waals surface area contributed by atoms with Crippen LogP contribution in [0.1, 0.15) is 62.2 Å². The smallest absolute Gasteiger partial charge is 0.269 e. The molecule has 1 saturated carbocycles. The Kier molecular flexibility index (Phi) is 7.09. The number of hydrogen-bond donors (Lipinski definition) is 2. The zero-order valence-corrected chi connectivity index (χ0v) is 15.2. The average molecular weight is 381 g/mol. The van der Waals surface area contributed by atoms with E-state index in [2.05, 4.69) is 33.7 Å². The van der Waals surface area contributed by atoms with E-state index in [-0.39, 0.29) is 17.7 Å². The molecule has 1 aromatic carbocycles. The molecule has 0 radical (unpaired) electrons. The Balaban J connectivity index is 1.73. The maximum absolute atomic E-state index is 12.2. The summed E-state index contributed by atoms with van der Waals surface area (Å²) in [5.74, 6) is 0.446. The fraction of sp³-hybridized carbons (Fsp3) is 0.556. The van der Waals surface area contributed by atoms with Gasteiger partial charge in [0.25, 0.3) is 5.91 Å². The van der Waals surface area contributed by atoms with Gasteiger partial charge in [-0.3, -0.25) is 20.4 Å². The van der Waals surface area contributed by atoms with Gasteiger partial charge in [-0.15, -0.1) is 0 Å². The lowest BCUT2D eigenvalue weighted by Gasteiger charge is -2.27. The predicted octanol–water partition coefficient (Wildman–Crippen LogP) is 4.21. The van der Waals surface area contributed by atoms with Crippen molar-refractivity contribution in [2.24, 2.45) is 11.8 Å². The quantitative estimate of drug-likeness (QED) is 0.751. The first-order chi connectivity index (χ1) is 11.1. The third kappa shape index (κ3) is 5.65. The van der Waals surface area contributed by atoms with Gasteiger partial charge < -0.3 is 0 Å². The topological polar surface area (TPSA) is 58.2 Å². The van der Waals surface area contributed by atoms with Gasteiger partial charge in [-0.05, 0) is 55.9 Å². The van der Waals surface area contributed by atoms with Crippen molar-refractivity contribution in [3.05, 3.63) is 34.3 Å². The van der Waals surface area contributed by atoms with Crippen molar-refractivity contribution >= 4 is 27.7 Å². The molecule has 0 unspecified atom stereocenters. The van der Waals surface area contributed by atoms with Gasteiger partial charge in [-0.2, -0.15) is 0 Å². The highest BCUT2D eigenvalue weighted by molar-refractivity contribution is 9.10. The first-order valence-corrected chi connectivity index (χ1v) is 9.25. The summed E-state index contributed by atoms with van der Waals surface area (Å²) < 4.78 is 0.915. The van der Waals surface area contributed by atoms with E-state index in [9.17, 15) is 9.59 Å². The van der Waals surface area contributed by atoms with E-state index in [0.717, 1.165) is 36.1 Å². The van der Waals surface area contributed by atoms with E-state index in [1.807, 2.05) is 0 Å². The van der Waals surface area contributed by atoms with Crippen LogP contribution in [0.4, 0.5) is 0 Å². The Labute approximate surface area is 146 Å². The zero-order valence-electron chi connectivity index (χ0n) is 13.6. The fourth-order valence-electron chi connectivity index (χ4n) is 3.10. The van der Waals surface area contributed by atoms with Crippen LogP contribution in [-0.2, 0) is 4.79 Å². The molecule has 1 aliphatic rings. The second-order valence-corrected chi connectivity index (χ2v) is 7.23. The summed E-state index contributed by atoms with van der Waals surface area (Å²) in [6.07, 6.45) is 7.90. The summed E-state index contributed by atoms with van der Waals surface area (Å²) in [7, 11) is 0. The molecule has 0 spiro atoms. The normalized spacial score (nSPS) is 20.8. The van der Waals surface area contributed by atoms with Crippen LogP contribution in [0, 0.1) is 11.8 Å². The molecule has 1 aromatic rings. The minimum Gasteiger partial charge on any atom is -0.273 e. The number of unbranched alkanes of at least 4 members (excludes halogenated alkanes) is 1. The van der Waals surface area contributed by atoms with Crippen LogP contribution in [0.25, 0.3) is 0 Å². The Morgan fingerprint density at radius 1 is 1.09 bits per heavy atom. The molecule has 0 aromatic heterocycles. The Bertz CT molecular complexity index is 522. The van der Waals surface area contributed by atoms with Gasteiger partial charge in [0.2, 0.25) is 5.91 Å². The predicted molar refractivity (Wildman–Crippen MR) is 94.7 cm³/mol. The second-order valence-electron chi connectivity index (χ2n) is 6.31. The molecule has 0 heterocycles. The molecule has 2 amide bonds. The van der Waals surface area contributed by atoms with E-state index in [1.54, 1.807) is 24.3 Å². The van der Waals surface area contributed by atoms with Gasteiger partial charge >= 0.3 is 0 Å². The number of hydrogen-bond acceptors (Lipinski definition) is 2. The number of carbonyl (C=O) groups is 2. The van der Waals surface area contributed by atoms with E-state index in [1.165, 1.54) is 19.3 Å². The maximum atomic E-state index is 12.2. The molecule has 5 heteroatoms. The van der Waals surface area contributed by atoms with Crippen LogP contribution in [0.2, 0.25) is 0 Å². The molecule has 2 N–H and O–H groups in total. The highest BCUT2D eigenvalue weighted by atomic mass is 79.9. The third-order valence-corrected chi connectivity index (χ3v) is 5.12. The van der Waals surface area contributed by atoms with Crippen molar-refractivity contribution in [3.63, 3.8) is 0 Å². The van der Waals surface area contributed by atoms with Crippen LogP contribution in [0.15, 0.2) is 28.7 Å². The molecule has 0 aliphatic heterocycles. The summed E-state index contributed by atoms with van der Waals surface area (Å²) in [6.45, 7) is 2.22. The monoisotopic (exact) mass is 380 g/mol. The SMILES string of the molecule is CCCCC1CCC(C(=O)NNC(=O)c2ccc(Br)cc2)CC1. The van der Waals surface area contributed by atoms with Gasteiger partial charge in [-0.25, -0.2) is 0 Å². The number of amides is 2. The highest BCUT2D eigenvalue weighted by Gasteiger charge is 2.26. The van der Waals surface area contributed by atoms with Crippen molar-refractivity contribution in [2.75, 3.05) is 0 Å². The minimum absolute atomic E-state index is 0.0260. The number of benzene rings is 1. The van der Waals surface area contributed by atoms with Crippen LogP contribution in [0.5, 0.6) is 0 Å². The standard InChI is InChI=1S/C18H25BrN2O2/c1-2-3-4-13-5-7-14(8-6-13)17(22)20-21-18(23)15-9-11-16(19)12-10-15/h9-14H,2-8H2,1H3,(H,20,22)(H,21,23). The van der Waals surface area contributed by atoms with E-state index in [0.29, 0.717) is 5.56 Å². The molecule has 1 aliphatic carbocycles. The molecular formula is C18H25BrN2O2. The summed E-state index contributed by atoms with van der Waals surface area (Å²) in [5.41, 5.74) is 5.61. The molecule has 1 fully saturated rings. The third-order valence-electron chi connectivity index (χ3n) is 4.59. The molecule has 126 valence electrons. The van der Waals surface area contributed by atoms with Gasteiger partial charge in [0, 0.05) is 16.0 Å². The number of carbonyl (C=O) groups excluding carboxylic acids is 2. The second kappa shape index (κ2) is 9.06. The molecular weight excluding hydrogens is 356 g/mol. The molecule has 0 saturated heterocycles. The lowest BCUT2D eigenvalue weighted by molar-refractivity contribution is -0.127. The van der Waals surface area contributed by atoms with Crippen LogP contribution >= 0.6 is 15.9 Å². The fourth-order valence-corrected chi connectivity index (χ4v) is 3.36. The van der Waals surface area contributed by atoms with Crippen LogP contribution in [0.3, 0.4) is 0 Å². The van der Waals surface area contributed by atoms with Crippen molar-refractivity contribution in [1.82, 2.24) is 10.9 Å². The average Bonchev–Trinajstić information content (AvgIpc) is 2.58. The molecule has 0 bridgehead atoms. The van der Waals surface area contributed by atoms with E-state index >= 15 is 0 Å². The Hall–Kier alpha value is -1.36. The van der Waals surface area contributed by atoms with Crippen molar-refractivity contribution < 1.29 is 9.59 Å². The van der Waals surface area contributed by atoms with Gasteiger partial charge in [0.05, 0.1) is 0 Å². The number of halogens is 1. The largest absolute Gasteiger partial charge is 0.273 e. The van der Waals surface area contributed by atoms with E-state index in [4.69, 9.17) is 0 Å². The van der Waals surface area contributed by atoms with Crippen LogP contribution < -0.4 is 10.9 Å². The molecule has 2 rings (SSSR count). The van der Waals surface area contributed by atoms with Crippen molar-refractivity contribution in [3.8, 4) is 0 Å². The number of nitrogens with one attached hydrogen (secondary N) is 2. The van der Waals surface area contributed by atoms with Crippen molar-refractivity contribution in [2.45, 2.75) is 51.9 Å². The summed E-state index contributed by atoms with van der Waals surface area (Å²) >= 11 is 3.33. The Morgan fingerprint density at radius 3 is 2.35 bits per heavy atom.